The minimum absolute atomic E-state index is 0.0119. The molecule has 0 saturated carbocycles. The maximum Gasteiger partial charge on any atom is 0.260 e. The SMILES string of the molecule is CC1CCCC(C)N1C(=O)COc1ccc(C(=O)Nc2ccc(N3CCCC(C(N)=O)C3)nc2)cc1. The van der Waals surface area contributed by atoms with Gasteiger partial charge in [-0.3, -0.25) is 14.4 Å². The summed E-state index contributed by atoms with van der Waals surface area (Å²) >= 11 is 0. The molecule has 192 valence electrons. The smallest absolute Gasteiger partial charge is 0.260 e. The maximum absolute atomic E-state index is 12.7. The summed E-state index contributed by atoms with van der Waals surface area (Å²) in [7, 11) is 0. The van der Waals surface area contributed by atoms with Gasteiger partial charge in [-0.25, -0.2) is 4.98 Å². The Bertz CT molecular complexity index is 1060. The summed E-state index contributed by atoms with van der Waals surface area (Å²) in [6.45, 7) is 5.52. The molecule has 2 aromatic rings. The fraction of sp³-hybridized carbons (Fsp3) is 0.481. The van der Waals surface area contributed by atoms with Crippen LogP contribution in [0.4, 0.5) is 11.5 Å². The van der Waals surface area contributed by atoms with Crippen molar-refractivity contribution in [3.8, 4) is 5.75 Å². The predicted octanol–water partition coefficient (Wildman–Crippen LogP) is 3.20. The van der Waals surface area contributed by atoms with Gasteiger partial charge in [-0.15, -0.1) is 0 Å². The second-order valence-electron chi connectivity index (χ2n) is 9.79. The van der Waals surface area contributed by atoms with E-state index < -0.39 is 0 Å². The number of hydrogen-bond donors (Lipinski definition) is 2. The van der Waals surface area contributed by atoms with Crippen LogP contribution < -0.4 is 20.7 Å². The lowest BCUT2D eigenvalue weighted by molar-refractivity contribution is -0.139. The Kier molecular flexibility index (Phi) is 8.07. The van der Waals surface area contributed by atoms with Gasteiger partial charge in [0.25, 0.3) is 11.8 Å². The van der Waals surface area contributed by atoms with Crippen LogP contribution in [0.3, 0.4) is 0 Å². The zero-order valence-electron chi connectivity index (χ0n) is 21.0. The van der Waals surface area contributed by atoms with E-state index in [1.54, 1.807) is 36.5 Å². The summed E-state index contributed by atoms with van der Waals surface area (Å²) in [4.78, 5) is 45.3. The molecule has 36 heavy (non-hydrogen) atoms. The highest BCUT2D eigenvalue weighted by Crippen LogP contribution is 2.24. The average Bonchev–Trinajstić information content (AvgIpc) is 2.88. The number of rotatable bonds is 7. The van der Waals surface area contributed by atoms with E-state index in [0.717, 1.165) is 44.5 Å². The van der Waals surface area contributed by atoms with Crippen LogP contribution in [0.1, 0.15) is 56.3 Å². The summed E-state index contributed by atoms with van der Waals surface area (Å²) in [6, 6.07) is 10.8. The minimum atomic E-state index is -0.280. The monoisotopic (exact) mass is 493 g/mol. The third-order valence-electron chi connectivity index (χ3n) is 7.11. The summed E-state index contributed by atoms with van der Waals surface area (Å²) in [6.07, 6.45) is 6.48. The molecule has 3 unspecified atom stereocenters. The molecule has 2 aliphatic rings. The van der Waals surface area contributed by atoms with Crippen molar-refractivity contribution in [2.45, 2.75) is 58.0 Å². The Labute approximate surface area is 212 Å². The quantitative estimate of drug-likeness (QED) is 0.612. The first-order valence-electron chi connectivity index (χ1n) is 12.7. The zero-order chi connectivity index (χ0) is 25.7. The number of ether oxygens (including phenoxy) is 1. The van der Waals surface area contributed by atoms with E-state index in [4.69, 9.17) is 10.5 Å². The second kappa shape index (κ2) is 11.4. The largest absolute Gasteiger partial charge is 0.484 e. The van der Waals surface area contributed by atoms with Crippen molar-refractivity contribution >= 4 is 29.2 Å². The van der Waals surface area contributed by atoms with Crippen LogP contribution in [0, 0.1) is 5.92 Å². The van der Waals surface area contributed by atoms with Crippen molar-refractivity contribution in [1.82, 2.24) is 9.88 Å². The first kappa shape index (κ1) is 25.5. The van der Waals surface area contributed by atoms with E-state index in [0.29, 0.717) is 23.5 Å². The summed E-state index contributed by atoms with van der Waals surface area (Å²) in [5.74, 6) is 0.569. The van der Waals surface area contributed by atoms with Gasteiger partial charge in [-0.1, -0.05) is 0 Å². The highest BCUT2D eigenvalue weighted by atomic mass is 16.5. The van der Waals surface area contributed by atoms with Gasteiger partial charge in [0.1, 0.15) is 11.6 Å². The number of likely N-dealkylation sites (tertiary alicyclic amines) is 1. The molecule has 3 atom stereocenters. The molecule has 3 heterocycles. The number of primary amides is 1. The van der Waals surface area contributed by atoms with Gasteiger partial charge in [0.2, 0.25) is 5.91 Å². The summed E-state index contributed by atoms with van der Waals surface area (Å²) in [5, 5.41) is 2.84. The molecule has 4 rings (SSSR count). The van der Waals surface area contributed by atoms with E-state index in [9.17, 15) is 14.4 Å². The topological polar surface area (TPSA) is 118 Å². The normalized spacial score (nSPS) is 22.1. The van der Waals surface area contributed by atoms with Gasteiger partial charge >= 0.3 is 0 Å². The van der Waals surface area contributed by atoms with E-state index in [-0.39, 0.29) is 42.3 Å². The molecule has 9 heteroatoms. The Morgan fingerprint density at radius 3 is 2.39 bits per heavy atom. The minimum Gasteiger partial charge on any atom is -0.484 e. The highest BCUT2D eigenvalue weighted by Gasteiger charge is 2.29. The molecular weight excluding hydrogens is 458 g/mol. The van der Waals surface area contributed by atoms with Gasteiger partial charge in [0.05, 0.1) is 17.8 Å². The molecule has 1 aromatic heterocycles. The highest BCUT2D eigenvalue weighted by molar-refractivity contribution is 6.04. The van der Waals surface area contributed by atoms with Gasteiger partial charge in [-0.05, 0) is 82.3 Å². The van der Waals surface area contributed by atoms with Gasteiger partial charge in [0, 0.05) is 30.7 Å². The van der Waals surface area contributed by atoms with E-state index in [1.165, 1.54) is 0 Å². The summed E-state index contributed by atoms with van der Waals surface area (Å²) in [5.41, 5.74) is 6.50. The van der Waals surface area contributed by atoms with Gasteiger partial charge in [0.15, 0.2) is 6.61 Å². The number of nitrogens with zero attached hydrogens (tertiary/aromatic N) is 3. The Morgan fingerprint density at radius 2 is 1.75 bits per heavy atom. The molecular formula is C27H35N5O4. The lowest BCUT2D eigenvalue weighted by atomic mass is 9.97. The summed E-state index contributed by atoms with van der Waals surface area (Å²) < 4.78 is 5.70. The lowest BCUT2D eigenvalue weighted by Gasteiger charge is -2.38. The fourth-order valence-electron chi connectivity index (χ4n) is 5.10. The molecule has 1 aromatic carbocycles. The first-order valence-corrected chi connectivity index (χ1v) is 12.7. The molecule has 2 saturated heterocycles. The number of anilines is 2. The molecule has 3 amide bonds. The Balaban J connectivity index is 1.29. The molecule has 2 fully saturated rings. The standard InChI is InChI=1S/C27H35N5O4/c1-18-5-3-6-19(2)32(18)25(33)17-36-23-11-8-20(9-12-23)27(35)30-22-10-13-24(29-15-22)31-14-4-7-21(16-31)26(28)34/h8-13,15,18-19,21H,3-7,14,16-17H2,1-2H3,(H2,28,34)(H,30,35). The molecule has 0 radical (unpaired) electrons. The third-order valence-corrected chi connectivity index (χ3v) is 7.11. The van der Waals surface area contributed by atoms with E-state index in [2.05, 4.69) is 24.1 Å². The number of nitrogens with one attached hydrogen (secondary N) is 1. The van der Waals surface area contributed by atoms with Crippen LogP contribution in [-0.4, -0.2) is 59.4 Å². The molecule has 0 aliphatic carbocycles. The van der Waals surface area contributed by atoms with Crippen LogP contribution in [0.5, 0.6) is 5.75 Å². The third kappa shape index (κ3) is 6.13. The number of nitrogens with two attached hydrogens (primary N) is 1. The Morgan fingerprint density at radius 1 is 1.03 bits per heavy atom. The van der Waals surface area contributed by atoms with Crippen molar-refractivity contribution in [2.24, 2.45) is 11.7 Å². The Hall–Kier alpha value is -3.62. The number of piperidine rings is 2. The van der Waals surface area contributed by atoms with Gasteiger partial charge < -0.3 is 25.6 Å². The van der Waals surface area contributed by atoms with Crippen LogP contribution in [0.15, 0.2) is 42.6 Å². The number of hydrogen-bond acceptors (Lipinski definition) is 6. The fourth-order valence-corrected chi connectivity index (χ4v) is 5.10. The first-order chi connectivity index (χ1) is 17.3. The number of aromatic nitrogens is 1. The number of carbonyl (C=O) groups is 3. The zero-order valence-corrected chi connectivity index (χ0v) is 21.0. The molecule has 0 bridgehead atoms. The molecule has 9 nitrogen and oxygen atoms in total. The average molecular weight is 494 g/mol. The van der Waals surface area contributed by atoms with Crippen molar-refractivity contribution in [1.29, 1.82) is 0 Å². The predicted molar refractivity (Wildman–Crippen MR) is 138 cm³/mol. The van der Waals surface area contributed by atoms with E-state index >= 15 is 0 Å². The maximum atomic E-state index is 12.7. The number of carbonyl (C=O) groups excluding carboxylic acids is 3. The van der Waals surface area contributed by atoms with Crippen LogP contribution in [0.25, 0.3) is 0 Å². The van der Waals surface area contributed by atoms with Crippen molar-refractivity contribution < 1.29 is 19.1 Å². The number of amides is 3. The van der Waals surface area contributed by atoms with Crippen molar-refractivity contribution in [2.75, 3.05) is 29.9 Å². The molecule has 3 N–H and O–H groups in total. The lowest BCUT2D eigenvalue weighted by Crippen LogP contribution is -2.49. The van der Waals surface area contributed by atoms with Crippen molar-refractivity contribution in [3.05, 3.63) is 48.2 Å². The van der Waals surface area contributed by atoms with E-state index in [1.807, 2.05) is 15.9 Å². The van der Waals surface area contributed by atoms with Crippen molar-refractivity contribution in [3.63, 3.8) is 0 Å². The number of benzene rings is 1. The number of pyridine rings is 1. The molecule has 2 aliphatic heterocycles. The van der Waals surface area contributed by atoms with Crippen LogP contribution in [-0.2, 0) is 9.59 Å². The van der Waals surface area contributed by atoms with Crippen LogP contribution in [0.2, 0.25) is 0 Å². The second-order valence-corrected chi connectivity index (χ2v) is 9.79. The molecule has 0 spiro atoms. The van der Waals surface area contributed by atoms with Crippen LogP contribution >= 0.6 is 0 Å². The van der Waals surface area contributed by atoms with Gasteiger partial charge in [-0.2, -0.15) is 0 Å².